The summed E-state index contributed by atoms with van der Waals surface area (Å²) in [4.78, 5) is 0. The molecule has 4 rings (SSSR count). The van der Waals surface area contributed by atoms with Crippen molar-refractivity contribution in [2.24, 2.45) is 0 Å². The van der Waals surface area contributed by atoms with Gasteiger partial charge in [0.25, 0.3) is 0 Å². The summed E-state index contributed by atoms with van der Waals surface area (Å²) in [6, 6.07) is 0. The minimum absolute atomic E-state index is 0.361. The molecule has 0 bridgehead atoms. The van der Waals surface area contributed by atoms with Crippen molar-refractivity contribution in [3.8, 4) is 0 Å². The van der Waals surface area contributed by atoms with Crippen LogP contribution >= 0.6 is 0 Å². The van der Waals surface area contributed by atoms with Gasteiger partial charge in [-0.1, -0.05) is 167 Å². The molecule has 0 amide bonds. The van der Waals surface area contributed by atoms with E-state index in [2.05, 4.69) is 156 Å². The lowest BCUT2D eigenvalue weighted by Crippen LogP contribution is -2.64. The summed E-state index contributed by atoms with van der Waals surface area (Å²) in [6.07, 6.45) is 24.3. The van der Waals surface area contributed by atoms with Gasteiger partial charge in [-0.25, -0.2) is 0 Å². The molecular weight excluding hydrogens is 1170 g/mol. The van der Waals surface area contributed by atoms with Crippen LogP contribution in [0.3, 0.4) is 0 Å². The molecule has 0 N–H and O–H groups in total. The second kappa shape index (κ2) is 39.7. The van der Waals surface area contributed by atoms with Gasteiger partial charge in [-0.2, -0.15) is 0 Å². The second-order valence-corrected chi connectivity index (χ2v) is 49.6. The Balaban J connectivity index is 0.000000410. The van der Waals surface area contributed by atoms with Crippen LogP contribution in [0.2, 0.25) is 22.2 Å². The van der Waals surface area contributed by atoms with Crippen LogP contribution in [0, 0.1) is 0 Å². The molecule has 22 heteroatoms. The summed E-state index contributed by atoms with van der Waals surface area (Å²) in [7, 11) is -19.7. The van der Waals surface area contributed by atoms with E-state index in [-0.39, 0.29) is 0 Å². The molecule has 0 heterocycles. The molecule has 0 atom stereocenters. The van der Waals surface area contributed by atoms with Crippen molar-refractivity contribution in [2.45, 2.75) is 261 Å². The Bertz CT molecular complexity index is 1580. The largest absolute Gasteiger partial charge is 0.475 e. The molecule has 4 saturated carbocycles. The van der Waals surface area contributed by atoms with Gasteiger partial charge in [0.1, 0.15) is 0 Å². The van der Waals surface area contributed by atoms with Gasteiger partial charge < -0.3 is 41.2 Å². The Labute approximate surface area is 502 Å². The monoisotopic (exact) mass is 1280 g/mol. The molecule has 0 unspecified atom stereocenters. The van der Waals surface area contributed by atoms with E-state index in [1.54, 1.807) is 0 Å². The van der Waals surface area contributed by atoms with Crippen LogP contribution in [-0.4, -0.2) is 113 Å². The Morgan fingerprint density at radius 1 is 0.231 bits per heavy atom. The fourth-order valence-corrected chi connectivity index (χ4v) is 51.6. The predicted molar refractivity (Wildman–Crippen MR) is 365 cm³/mol. The summed E-state index contributed by atoms with van der Waals surface area (Å²) < 4.78 is 72.1. The van der Waals surface area contributed by atoms with Crippen molar-refractivity contribution >= 4 is 113 Å². The van der Waals surface area contributed by atoms with Gasteiger partial charge in [0, 0.05) is 22.2 Å². The van der Waals surface area contributed by atoms with Gasteiger partial charge in [0.05, 0.1) is 0 Å². The zero-order valence-electron chi connectivity index (χ0n) is 52.8. The Morgan fingerprint density at radius 3 is 0.474 bits per heavy atom. The minimum atomic E-state index is -3.05. The van der Waals surface area contributed by atoms with Crippen LogP contribution in [0.5, 0.6) is 0 Å². The zero-order chi connectivity index (χ0) is 57.5. The van der Waals surface area contributed by atoms with E-state index in [0.717, 1.165) is 51.4 Å². The molecule has 0 radical (unpaired) electrons. The minimum Gasteiger partial charge on any atom is -0.418 e. The van der Waals surface area contributed by atoms with Crippen LogP contribution in [-0.2, 0) is 41.2 Å². The van der Waals surface area contributed by atoms with Crippen LogP contribution in [0.15, 0.2) is 90.2 Å². The van der Waals surface area contributed by atoms with Crippen LogP contribution in [0.25, 0.3) is 0 Å². The molecule has 0 saturated heterocycles. The highest BCUT2D eigenvalue weighted by Gasteiger charge is 2.61. The summed E-state index contributed by atoms with van der Waals surface area (Å²) in [5, 5.41) is 0. The highest BCUT2D eigenvalue weighted by Crippen LogP contribution is 2.47. The lowest BCUT2D eigenvalue weighted by Gasteiger charge is -2.47. The molecule has 0 aromatic rings. The molecule has 448 valence electrons. The molecule has 0 aromatic carbocycles. The first-order valence-electron chi connectivity index (χ1n) is 30.8. The van der Waals surface area contributed by atoms with E-state index in [1.165, 1.54) is 122 Å². The van der Waals surface area contributed by atoms with Gasteiger partial charge in [0.2, 0.25) is 0 Å². The summed E-state index contributed by atoms with van der Waals surface area (Å²) in [5.41, 5.74) is 30.6. The molecule has 10 nitrogen and oxygen atoms in total. The maximum Gasteiger partial charge on any atom is 0.475 e. The maximum absolute atomic E-state index is 7.64. The fraction of sp³-hybridized carbons (Fsp3) is 0.714. The van der Waals surface area contributed by atoms with Crippen LogP contribution < -0.4 is 0 Å². The Kier molecular flexibility index (Phi) is 36.8. The number of rotatable bonds is 32. The zero-order valence-corrected chi connectivity index (χ0v) is 68.1. The van der Waals surface area contributed by atoms with E-state index in [0.29, 0.717) is 22.2 Å². The highest BCUT2D eigenvalue weighted by atomic mass is 28.5. The number of hydrogen-bond acceptors (Lipinski definition) is 10. The van der Waals surface area contributed by atoms with E-state index in [9.17, 15) is 0 Å². The summed E-state index contributed by atoms with van der Waals surface area (Å²) in [5.74, 6) is 0. The molecule has 4 fully saturated rings. The first-order valence-corrected chi connectivity index (χ1v) is 49.1. The van der Waals surface area contributed by atoms with Crippen LogP contribution in [0.1, 0.15) is 239 Å². The second-order valence-electron chi connectivity index (χ2n) is 24.7. The average molecular weight is 1290 g/mol. The van der Waals surface area contributed by atoms with Crippen molar-refractivity contribution < 1.29 is 41.2 Å². The topological polar surface area (TPSA) is 92.3 Å². The molecule has 4 aliphatic rings. The highest BCUT2D eigenvalue weighted by molar-refractivity contribution is 6.85. The predicted octanol–water partition coefficient (Wildman–Crippen LogP) is 11.3. The third kappa shape index (κ3) is 27.9. The van der Waals surface area contributed by atoms with Gasteiger partial charge in [-0.3, -0.25) is 0 Å². The van der Waals surface area contributed by atoms with Crippen LogP contribution in [0.4, 0.5) is 0 Å². The number of hydrogen-bond donors (Lipinski definition) is 0. The maximum atomic E-state index is 7.64. The quantitative estimate of drug-likeness (QED) is 0.0607. The number of allylic oxidation sites excluding steroid dienone is 8. The Morgan fingerprint density at radius 2 is 0.359 bits per heavy atom. The molecule has 78 heavy (non-hydrogen) atoms. The van der Waals surface area contributed by atoms with Crippen molar-refractivity contribution in [1.29, 1.82) is 0 Å². The standard InChI is InChI=1S/2C28H58O5Si6/c2*1-23(2)19-34-29-38(30-35-20-24(3)4,27-15-11-9-12-16-27)33-39(31-36-21-25(5)6,32-37-22-26(7)8)28-17-13-10-14-18-28/h2*19-22,27-28H,9-18,34-37H2,1-8H3. The van der Waals surface area contributed by atoms with Gasteiger partial charge in [0.15, 0.2) is 78.1 Å². The van der Waals surface area contributed by atoms with Crippen molar-refractivity contribution in [3.63, 3.8) is 0 Å². The van der Waals surface area contributed by atoms with Gasteiger partial charge in [-0.05, 0) is 162 Å². The third-order valence-corrected chi connectivity index (χ3v) is 52.1. The third-order valence-electron chi connectivity index (χ3n) is 15.2. The van der Waals surface area contributed by atoms with Gasteiger partial charge in [-0.15, -0.1) is 0 Å². The van der Waals surface area contributed by atoms with Crippen molar-refractivity contribution in [1.82, 2.24) is 0 Å². The summed E-state index contributed by atoms with van der Waals surface area (Å²) >= 11 is 0. The normalized spacial score (nSPS) is 21.1. The van der Waals surface area contributed by atoms with E-state index in [1.807, 2.05) is 0 Å². The first-order chi connectivity index (χ1) is 37.2. The van der Waals surface area contributed by atoms with E-state index in [4.69, 9.17) is 41.2 Å². The first kappa shape index (κ1) is 72.4. The molecule has 0 aromatic heterocycles. The van der Waals surface area contributed by atoms with Crippen molar-refractivity contribution in [3.05, 3.63) is 90.2 Å². The van der Waals surface area contributed by atoms with E-state index >= 15 is 0 Å². The molecular formula is C56H116O10Si12. The Hall–Kier alpha value is 0.123. The summed E-state index contributed by atoms with van der Waals surface area (Å²) in [6.45, 7) is 34.7. The molecule has 0 spiro atoms. The van der Waals surface area contributed by atoms with Crippen molar-refractivity contribution in [2.75, 3.05) is 0 Å². The average Bonchev–Trinajstić information content (AvgIpc) is 3.40. The van der Waals surface area contributed by atoms with E-state index < -0.39 is 113 Å². The molecule has 4 aliphatic carbocycles. The fourth-order valence-electron chi connectivity index (χ4n) is 10.5. The lowest BCUT2D eigenvalue weighted by atomic mass is 10.0. The lowest BCUT2D eigenvalue weighted by molar-refractivity contribution is 0.157. The smallest absolute Gasteiger partial charge is 0.418 e. The van der Waals surface area contributed by atoms with Gasteiger partial charge >= 0.3 is 35.2 Å². The molecule has 0 aliphatic heterocycles. The SMILES string of the molecule is CC(C)=C[SiH2]O[Si](O[SiH2]C=C(C)C)(O[Si](O[SiH2]C=C(C)C)(O[SiH2]C=C(C)C)C1CCCCC1)C1CCCCC1.CC(C)=C[SiH2]O[Si](O[SiH2]C=C(C)C)(O[Si](O[SiH2]C=C(C)C)(O[SiH2]C=C(C)C)C1CCCCC1)C1CCCCC1.